The lowest BCUT2D eigenvalue weighted by molar-refractivity contribution is 0.281. The van der Waals surface area contributed by atoms with Crippen LogP contribution in [0.1, 0.15) is 5.56 Å². The molecular formula is C13H10ClFO2. The summed E-state index contributed by atoms with van der Waals surface area (Å²) in [6, 6.07) is 10.9. The Morgan fingerprint density at radius 1 is 1.12 bits per heavy atom. The quantitative estimate of drug-likeness (QED) is 0.901. The van der Waals surface area contributed by atoms with Gasteiger partial charge in [-0.2, -0.15) is 0 Å². The largest absolute Gasteiger partial charge is 0.456 e. The zero-order valence-corrected chi connectivity index (χ0v) is 9.62. The molecule has 2 aromatic carbocycles. The van der Waals surface area contributed by atoms with Gasteiger partial charge in [0.1, 0.15) is 17.3 Å². The lowest BCUT2D eigenvalue weighted by atomic mass is 10.2. The minimum atomic E-state index is -0.405. The Hall–Kier alpha value is -1.58. The van der Waals surface area contributed by atoms with Gasteiger partial charge in [0.25, 0.3) is 0 Å². The summed E-state index contributed by atoms with van der Waals surface area (Å²) in [4.78, 5) is 0. The molecule has 88 valence electrons. The molecule has 2 aromatic rings. The first kappa shape index (κ1) is 11.9. The van der Waals surface area contributed by atoms with E-state index in [0.717, 1.165) is 5.56 Å². The van der Waals surface area contributed by atoms with Crippen LogP contribution >= 0.6 is 11.6 Å². The van der Waals surface area contributed by atoms with Crippen LogP contribution in [0.2, 0.25) is 5.02 Å². The van der Waals surface area contributed by atoms with Gasteiger partial charge in [0.2, 0.25) is 0 Å². The predicted octanol–water partition coefficient (Wildman–Crippen LogP) is 3.76. The van der Waals surface area contributed by atoms with E-state index in [1.807, 2.05) is 0 Å². The normalized spacial score (nSPS) is 10.3. The predicted molar refractivity (Wildman–Crippen MR) is 63.8 cm³/mol. The van der Waals surface area contributed by atoms with Crippen LogP contribution in [-0.4, -0.2) is 5.11 Å². The van der Waals surface area contributed by atoms with Crippen molar-refractivity contribution < 1.29 is 14.2 Å². The third-order valence-electron chi connectivity index (χ3n) is 2.23. The van der Waals surface area contributed by atoms with Gasteiger partial charge in [-0.05, 0) is 35.9 Å². The van der Waals surface area contributed by atoms with Gasteiger partial charge in [-0.25, -0.2) is 4.39 Å². The molecule has 2 rings (SSSR count). The van der Waals surface area contributed by atoms with Crippen molar-refractivity contribution in [3.05, 3.63) is 58.9 Å². The van der Waals surface area contributed by atoms with E-state index in [-0.39, 0.29) is 11.6 Å². The van der Waals surface area contributed by atoms with E-state index >= 15 is 0 Å². The molecule has 17 heavy (non-hydrogen) atoms. The smallest absolute Gasteiger partial charge is 0.146 e. The Balaban J connectivity index is 2.19. The van der Waals surface area contributed by atoms with Gasteiger partial charge in [0.05, 0.1) is 11.6 Å². The Kier molecular flexibility index (Phi) is 3.61. The second-order valence-corrected chi connectivity index (χ2v) is 3.89. The van der Waals surface area contributed by atoms with E-state index in [4.69, 9.17) is 21.4 Å². The van der Waals surface area contributed by atoms with E-state index < -0.39 is 5.82 Å². The molecule has 0 unspecified atom stereocenters. The molecule has 1 N–H and O–H groups in total. The highest BCUT2D eigenvalue weighted by molar-refractivity contribution is 6.32. The van der Waals surface area contributed by atoms with Crippen LogP contribution in [0.4, 0.5) is 4.39 Å². The first-order chi connectivity index (χ1) is 8.19. The Labute approximate surface area is 103 Å². The average molecular weight is 253 g/mol. The topological polar surface area (TPSA) is 29.5 Å². The summed E-state index contributed by atoms with van der Waals surface area (Å²) in [7, 11) is 0. The number of hydrogen-bond donors (Lipinski definition) is 1. The Morgan fingerprint density at radius 3 is 2.41 bits per heavy atom. The summed E-state index contributed by atoms with van der Waals surface area (Å²) in [5.41, 5.74) is 0.794. The fourth-order valence-corrected chi connectivity index (χ4v) is 1.55. The molecule has 0 aliphatic heterocycles. The zero-order chi connectivity index (χ0) is 12.3. The molecule has 0 aliphatic rings. The first-order valence-corrected chi connectivity index (χ1v) is 5.39. The number of aliphatic hydroxyl groups excluding tert-OH is 1. The molecule has 0 saturated heterocycles. The van der Waals surface area contributed by atoms with E-state index in [9.17, 15) is 4.39 Å². The van der Waals surface area contributed by atoms with Crippen molar-refractivity contribution in [3.8, 4) is 11.5 Å². The van der Waals surface area contributed by atoms with Crippen LogP contribution in [0.25, 0.3) is 0 Å². The highest BCUT2D eigenvalue weighted by Gasteiger charge is 2.04. The van der Waals surface area contributed by atoms with Crippen LogP contribution in [0.3, 0.4) is 0 Å². The van der Waals surface area contributed by atoms with Gasteiger partial charge in [0, 0.05) is 0 Å². The number of aliphatic hydroxyl groups is 1. The molecule has 0 aromatic heterocycles. The van der Waals surface area contributed by atoms with Crippen LogP contribution < -0.4 is 4.74 Å². The lowest BCUT2D eigenvalue weighted by Crippen LogP contribution is -1.87. The second-order valence-electron chi connectivity index (χ2n) is 3.48. The van der Waals surface area contributed by atoms with Crippen molar-refractivity contribution in [3.63, 3.8) is 0 Å². The zero-order valence-electron chi connectivity index (χ0n) is 8.86. The molecule has 0 heterocycles. The van der Waals surface area contributed by atoms with Gasteiger partial charge >= 0.3 is 0 Å². The lowest BCUT2D eigenvalue weighted by Gasteiger charge is -2.07. The number of benzene rings is 2. The number of ether oxygens (including phenoxy) is 1. The highest BCUT2D eigenvalue weighted by Crippen LogP contribution is 2.29. The molecule has 0 saturated carbocycles. The fraction of sp³-hybridized carbons (Fsp3) is 0.0769. The molecule has 0 spiro atoms. The Bertz CT molecular complexity index is 511. The molecule has 0 bridgehead atoms. The number of rotatable bonds is 3. The minimum Gasteiger partial charge on any atom is -0.456 e. The van der Waals surface area contributed by atoms with E-state index in [0.29, 0.717) is 11.5 Å². The number of halogens is 2. The summed E-state index contributed by atoms with van der Waals surface area (Å²) in [5, 5.41) is 9.11. The van der Waals surface area contributed by atoms with Gasteiger partial charge in [-0.15, -0.1) is 0 Å². The third-order valence-corrected chi connectivity index (χ3v) is 2.52. The van der Waals surface area contributed by atoms with Crippen molar-refractivity contribution in [2.75, 3.05) is 0 Å². The molecule has 0 amide bonds. The van der Waals surface area contributed by atoms with Gasteiger partial charge in [-0.1, -0.05) is 23.7 Å². The minimum absolute atomic E-state index is 0.0163. The molecule has 0 aliphatic carbocycles. The van der Waals surface area contributed by atoms with Gasteiger partial charge in [0.15, 0.2) is 0 Å². The van der Waals surface area contributed by atoms with E-state index in [2.05, 4.69) is 0 Å². The monoisotopic (exact) mass is 252 g/mol. The molecule has 2 nitrogen and oxygen atoms in total. The molecular weight excluding hydrogens is 243 g/mol. The van der Waals surface area contributed by atoms with Crippen molar-refractivity contribution >= 4 is 11.6 Å². The van der Waals surface area contributed by atoms with Crippen molar-refractivity contribution in [2.45, 2.75) is 6.61 Å². The SMILES string of the molecule is OCc1ccc(Oc2ccc(F)cc2Cl)cc1. The van der Waals surface area contributed by atoms with Gasteiger partial charge < -0.3 is 9.84 Å². The maximum absolute atomic E-state index is 12.8. The summed E-state index contributed by atoms with van der Waals surface area (Å²) in [6.45, 7) is -0.0163. The van der Waals surface area contributed by atoms with Crippen molar-refractivity contribution in [1.82, 2.24) is 0 Å². The summed E-state index contributed by atoms with van der Waals surface area (Å²) >= 11 is 5.83. The second kappa shape index (κ2) is 5.17. The summed E-state index contributed by atoms with van der Waals surface area (Å²) in [6.07, 6.45) is 0. The molecule has 0 fully saturated rings. The fourth-order valence-electron chi connectivity index (χ4n) is 1.35. The van der Waals surface area contributed by atoms with E-state index in [1.54, 1.807) is 24.3 Å². The van der Waals surface area contributed by atoms with Crippen LogP contribution in [0, 0.1) is 5.82 Å². The highest BCUT2D eigenvalue weighted by atomic mass is 35.5. The third kappa shape index (κ3) is 2.96. The van der Waals surface area contributed by atoms with Crippen LogP contribution in [0.15, 0.2) is 42.5 Å². The number of hydrogen-bond acceptors (Lipinski definition) is 2. The maximum Gasteiger partial charge on any atom is 0.146 e. The summed E-state index contributed by atoms with van der Waals surface area (Å²) in [5.74, 6) is 0.568. The molecule has 0 radical (unpaired) electrons. The van der Waals surface area contributed by atoms with Crippen molar-refractivity contribution in [2.24, 2.45) is 0 Å². The first-order valence-electron chi connectivity index (χ1n) is 5.02. The molecule has 4 heteroatoms. The maximum atomic E-state index is 12.8. The Morgan fingerprint density at radius 2 is 1.82 bits per heavy atom. The van der Waals surface area contributed by atoms with E-state index in [1.165, 1.54) is 18.2 Å². The average Bonchev–Trinajstić information content (AvgIpc) is 2.34. The van der Waals surface area contributed by atoms with Crippen LogP contribution in [-0.2, 0) is 6.61 Å². The summed E-state index contributed by atoms with van der Waals surface area (Å²) < 4.78 is 18.3. The van der Waals surface area contributed by atoms with Gasteiger partial charge in [-0.3, -0.25) is 0 Å². The van der Waals surface area contributed by atoms with Crippen LogP contribution in [0.5, 0.6) is 11.5 Å². The molecule has 0 atom stereocenters. The van der Waals surface area contributed by atoms with Crippen molar-refractivity contribution in [1.29, 1.82) is 0 Å². The standard InChI is InChI=1S/C13H10ClFO2/c14-12-7-10(15)3-6-13(12)17-11-4-1-9(8-16)2-5-11/h1-7,16H,8H2.